The van der Waals surface area contributed by atoms with E-state index in [1.807, 2.05) is 26.0 Å². The fraction of sp³-hybridized carbons (Fsp3) is 0.455. The van der Waals surface area contributed by atoms with Crippen molar-refractivity contribution in [1.82, 2.24) is 0 Å². The highest BCUT2D eigenvalue weighted by Gasteiger charge is 2.40. The largest absolute Gasteiger partial charge is 0.507 e. The highest BCUT2D eigenvalue weighted by Crippen LogP contribution is 2.44. The number of phenols is 1. The standard InChI is InChI=1S/C11H15NO/c1-7-5-9(11(12)3-4-11)6-8(2)10(7)13/h5-6,13H,3-4,12H2,1-2H3. The van der Waals surface area contributed by atoms with Crippen molar-refractivity contribution in [2.45, 2.75) is 32.2 Å². The molecule has 1 saturated carbocycles. The summed E-state index contributed by atoms with van der Waals surface area (Å²) in [6.07, 6.45) is 2.13. The summed E-state index contributed by atoms with van der Waals surface area (Å²) in [7, 11) is 0. The lowest BCUT2D eigenvalue weighted by Crippen LogP contribution is -2.18. The Morgan fingerprint density at radius 2 is 1.69 bits per heavy atom. The predicted octanol–water partition coefficient (Wildman–Crippen LogP) is 1.96. The molecular formula is C11H15NO. The van der Waals surface area contributed by atoms with E-state index in [-0.39, 0.29) is 5.54 Å². The van der Waals surface area contributed by atoms with Crippen LogP contribution in [0.15, 0.2) is 12.1 Å². The third-order valence-corrected chi connectivity index (χ3v) is 2.85. The third-order valence-electron chi connectivity index (χ3n) is 2.85. The average molecular weight is 177 g/mol. The molecule has 0 heterocycles. The highest BCUT2D eigenvalue weighted by atomic mass is 16.3. The molecule has 1 aromatic rings. The van der Waals surface area contributed by atoms with Gasteiger partial charge in [0.05, 0.1) is 0 Å². The van der Waals surface area contributed by atoms with Gasteiger partial charge in [0, 0.05) is 5.54 Å². The van der Waals surface area contributed by atoms with E-state index in [4.69, 9.17) is 5.73 Å². The molecule has 0 spiro atoms. The maximum absolute atomic E-state index is 9.58. The molecular weight excluding hydrogens is 162 g/mol. The SMILES string of the molecule is Cc1cc(C2(N)CC2)cc(C)c1O. The lowest BCUT2D eigenvalue weighted by atomic mass is 9.99. The van der Waals surface area contributed by atoms with Crippen LogP contribution < -0.4 is 5.73 Å². The van der Waals surface area contributed by atoms with E-state index in [9.17, 15) is 5.11 Å². The topological polar surface area (TPSA) is 46.2 Å². The molecule has 0 aromatic heterocycles. The Hall–Kier alpha value is -1.02. The van der Waals surface area contributed by atoms with Crippen LogP contribution in [0.1, 0.15) is 29.5 Å². The Balaban J connectivity index is 2.50. The van der Waals surface area contributed by atoms with Crippen molar-refractivity contribution in [2.24, 2.45) is 5.73 Å². The molecule has 0 aliphatic heterocycles. The summed E-state index contributed by atoms with van der Waals surface area (Å²) in [5.74, 6) is 0.396. The minimum Gasteiger partial charge on any atom is -0.507 e. The number of aromatic hydroxyl groups is 1. The molecule has 0 unspecified atom stereocenters. The van der Waals surface area contributed by atoms with Crippen LogP contribution in [0.4, 0.5) is 0 Å². The number of benzene rings is 1. The second-order valence-electron chi connectivity index (χ2n) is 4.11. The first-order valence-corrected chi connectivity index (χ1v) is 4.62. The summed E-state index contributed by atoms with van der Waals surface area (Å²) in [6.45, 7) is 3.83. The molecule has 70 valence electrons. The molecule has 0 bridgehead atoms. The Labute approximate surface area is 78.4 Å². The van der Waals surface area contributed by atoms with E-state index in [0.717, 1.165) is 24.0 Å². The van der Waals surface area contributed by atoms with Gasteiger partial charge in [0.15, 0.2) is 0 Å². The molecule has 0 radical (unpaired) electrons. The van der Waals surface area contributed by atoms with Gasteiger partial charge in [-0.05, 0) is 43.4 Å². The maximum Gasteiger partial charge on any atom is 0.121 e. The van der Waals surface area contributed by atoms with Crippen molar-refractivity contribution >= 4 is 0 Å². The Morgan fingerprint density at radius 3 is 2.08 bits per heavy atom. The average Bonchev–Trinajstić information content (AvgIpc) is 2.80. The van der Waals surface area contributed by atoms with Gasteiger partial charge >= 0.3 is 0 Å². The number of nitrogens with two attached hydrogens (primary N) is 1. The molecule has 3 N–H and O–H groups in total. The smallest absolute Gasteiger partial charge is 0.121 e. The monoisotopic (exact) mass is 177 g/mol. The van der Waals surface area contributed by atoms with Crippen LogP contribution in [0.3, 0.4) is 0 Å². The van der Waals surface area contributed by atoms with Gasteiger partial charge in [-0.3, -0.25) is 0 Å². The fourth-order valence-electron chi connectivity index (χ4n) is 1.67. The highest BCUT2D eigenvalue weighted by molar-refractivity contribution is 5.45. The first-order chi connectivity index (χ1) is 6.03. The summed E-state index contributed by atoms with van der Waals surface area (Å²) in [4.78, 5) is 0. The van der Waals surface area contributed by atoms with Crippen LogP contribution in [0.2, 0.25) is 0 Å². The molecule has 1 aromatic carbocycles. The lowest BCUT2D eigenvalue weighted by Gasteiger charge is -2.12. The minimum absolute atomic E-state index is 0.0940. The van der Waals surface area contributed by atoms with E-state index in [2.05, 4.69) is 0 Å². The number of rotatable bonds is 1. The molecule has 1 aliphatic rings. The van der Waals surface area contributed by atoms with Crippen LogP contribution in [0.25, 0.3) is 0 Å². The van der Waals surface area contributed by atoms with Crippen molar-refractivity contribution < 1.29 is 5.11 Å². The van der Waals surface area contributed by atoms with Gasteiger partial charge in [0.2, 0.25) is 0 Å². The van der Waals surface area contributed by atoms with Gasteiger partial charge in [0.1, 0.15) is 5.75 Å². The molecule has 13 heavy (non-hydrogen) atoms. The Kier molecular flexibility index (Phi) is 1.64. The van der Waals surface area contributed by atoms with E-state index < -0.39 is 0 Å². The maximum atomic E-state index is 9.58. The van der Waals surface area contributed by atoms with E-state index in [1.54, 1.807) is 0 Å². The first kappa shape index (κ1) is 8.57. The zero-order valence-corrected chi connectivity index (χ0v) is 8.09. The molecule has 0 atom stereocenters. The number of hydrogen-bond acceptors (Lipinski definition) is 2. The van der Waals surface area contributed by atoms with E-state index >= 15 is 0 Å². The Morgan fingerprint density at radius 1 is 1.23 bits per heavy atom. The minimum atomic E-state index is -0.0940. The third kappa shape index (κ3) is 1.31. The van der Waals surface area contributed by atoms with Crippen molar-refractivity contribution in [3.05, 3.63) is 28.8 Å². The molecule has 0 saturated heterocycles. The van der Waals surface area contributed by atoms with Gasteiger partial charge < -0.3 is 10.8 Å². The summed E-state index contributed by atoms with van der Waals surface area (Å²) >= 11 is 0. The molecule has 2 rings (SSSR count). The zero-order chi connectivity index (χ0) is 9.64. The van der Waals surface area contributed by atoms with Crippen molar-refractivity contribution in [1.29, 1.82) is 0 Å². The predicted molar refractivity (Wildman–Crippen MR) is 52.7 cm³/mol. The van der Waals surface area contributed by atoms with Crippen LogP contribution in [-0.4, -0.2) is 5.11 Å². The normalized spacial score (nSPS) is 18.7. The molecule has 1 fully saturated rings. The number of phenolic OH excluding ortho intramolecular Hbond substituents is 1. The molecule has 2 nitrogen and oxygen atoms in total. The Bertz CT molecular complexity index is 330. The van der Waals surface area contributed by atoms with Gasteiger partial charge in [-0.2, -0.15) is 0 Å². The van der Waals surface area contributed by atoms with Crippen LogP contribution in [-0.2, 0) is 5.54 Å². The van der Waals surface area contributed by atoms with Crippen molar-refractivity contribution in [3.63, 3.8) is 0 Å². The fourth-order valence-corrected chi connectivity index (χ4v) is 1.67. The molecule has 1 aliphatic carbocycles. The van der Waals surface area contributed by atoms with Gasteiger partial charge in [-0.15, -0.1) is 0 Å². The second kappa shape index (κ2) is 2.48. The van der Waals surface area contributed by atoms with Gasteiger partial charge in [-0.1, -0.05) is 12.1 Å². The molecule has 0 amide bonds. The number of aryl methyl sites for hydroxylation is 2. The molecule has 2 heteroatoms. The second-order valence-corrected chi connectivity index (χ2v) is 4.11. The van der Waals surface area contributed by atoms with Crippen LogP contribution in [0, 0.1) is 13.8 Å². The lowest BCUT2D eigenvalue weighted by molar-refractivity contribution is 0.466. The number of hydrogen-bond donors (Lipinski definition) is 2. The van der Waals surface area contributed by atoms with Gasteiger partial charge in [0.25, 0.3) is 0 Å². The quantitative estimate of drug-likeness (QED) is 0.688. The summed E-state index contributed by atoms with van der Waals surface area (Å²) < 4.78 is 0. The van der Waals surface area contributed by atoms with Crippen LogP contribution in [0.5, 0.6) is 5.75 Å². The summed E-state index contributed by atoms with van der Waals surface area (Å²) in [5, 5.41) is 9.58. The summed E-state index contributed by atoms with van der Waals surface area (Å²) in [5.41, 5.74) is 8.99. The van der Waals surface area contributed by atoms with Crippen molar-refractivity contribution in [3.8, 4) is 5.75 Å². The summed E-state index contributed by atoms with van der Waals surface area (Å²) in [6, 6.07) is 3.99. The van der Waals surface area contributed by atoms with Gasteiger partial charge in [-0.25, -0.2) is 0 Å². The van der Waals surface area contributed by atoms with E-state index in [0.29, 0.717) is 5.75 Å². The zero-order valence-electron chi connectivity index (χ0n) is 8.09. The van der Waals surface area contributed by atoms with Crippen molar-refractivity contribution in [2.75, 3.05) is 0 Å². The van der Waals surface area contributed by atoms with Crippen LogP contribution >= 0.6 is 0 Å². The first-order valence-electron chi connectivity index (χ1n) is 4.62. The van der Waals surface area contributed by atoms with E-state index in [1.165, 1.54) is 5.56 Å².